The third-order valence-electron chi connectivity index (χ3n) is 3.37. The lowest BCUT2D eigenvalue weighted by Crippen LogP contribution is -2.18. The Morgan fingerprint density at radius 1 is 1.20 bits per heavy atom. The van der Waals surface area contributed by atoms with E-state index in [0.717, 1.165) is 11.1 Å². The minimum absolute atomic E-state index is 0.172. The van der Waals surface area contributed by atoms with Crippen LogP contribution in [-0.4, -0.2) is 0 Å². The van der Waals surface area contributed by atoms with Crippen molar-refractivity contribution < 1.29 is 4.39 Å². The van der Waals surface area contributed by atoms with Crippen LogP contribution in [0, 0.1) is 24.1 Å². The molecule has 0 radical (unpaired) electrons. The summed E-state index contributed by atoms with van der Waals surface area (Å²) in [5.74, 6) is -0.172. The molecule has 0 aromatic heterocycles. The Morgan fingerprint density at radius 3 is 2.50 bits per heavy atom. The molecule has 102 valence electrons. The highest BCUT2D eigenvalue weighted by Crippen LogP contribution is 2.15. The van der Waals surface area contributed by atoms with E-state index in [-0.39, 0.29) is 11.9 Å². The summed E-state index contributed by atoms with van der Waals surface area (Å²) in [6.45, 7) is 4.52. The normalized spacial score (nSPS) is 11.9. The molecule has 2 aromatic carbocycles. The summed E-state index contributed by atoms with van der Waals surface area (Å²) in [7, 11) is 0. The minimum atomic E-state index is -0.172. The van der Waals surface area contributed by atoms with Crippen LogP contribution in [0.4, 0.5) is 4.39 Å². The Balaban J connectivity index is 1.99. The van der Waals surface area contributed by atoms with Crippen molar-refractivity contribution in [3.8, 4) is 6.07 Å². The minimum Gasteiger partial charge on any atom is -0.306 e. The van der Waals surface area contributed by atoms with Crippen LogP contribution in [0.5, 0.6) is 0 Å². The van der Waals surface area contributed by atoms with Crippen LogP contribution in [0.3, 0.4) is 0 Å². The molecule has 2 rings (SSSR count). The summed E-state index contributed by atoms with van der Waals surface area (Å²) in [6.07, 6.45) is 0. The first-order valence-corrected chi connectivity index (χ1v) is 6.58. The number of hydrogen-bond donors (Lipinski definition) is 1. The van der Waals surface area contributed by atoms with Crippen LogP contribution < -0.4 is 5.32 Å². The highest BCUT2D eigenvalue weighted by Gasteiger charge is 2.05. The highest BCUT2D eigenvalue weighted by atomic mass is 19.1. The number of nitriles is 1. The van der Waals surface area contributed by atoms with E-state index in [1.54, 1.807) is 13.0 Å². The van der Waals surface area contributed by atoms with E-state index in [1.165, 1.54) is 6.07 Å². The van der Waals surface area contributed by atoms with Gasteiger partial charge in [-0.15, -0.1) is 0 Å². The van der Waals surface area contributed by atoms with Crippen molar-refractivity contribution in [1.29, 1.82) is 5.26 Å². The zero-order chi connectivity index (χ0) is 14.5. The van der Waals surface area contributed by atoms with Gasteiger partial charge < -0.3 is 5.32 Å². The van der Waals surface area contributed by atoms with Crippen LogP contribution >= 0.6 is 0 Å². The third kappa shape index (κ3) is 3.43. The van der Waals surface area contributed by atoms with Gasteiger partial charge in [-0.25, -0.2) is 4.39 Å². The second-order valence-corrected chi connectivity index (χ2v) is 4.92. The van der Waals surface area contributed by atoms with E-state index >= 15 is 0 Å². The molecule has 0 spiro atoms. The molecule has 0 saturated carbocycles. The molecule has 0 aliphatic carbocycles. The van der Waals surface area contributed by atoms with Gasteiger partial charge >= 0.3 is 0 Å². The molecule has 2 nitrogen and oxygen atoms in total. The van der Waals surface area contributed by atoms with Crippen molar-refractivity contribution >= 4 is 0 Å². The molecule has 0 bridgehead atoms. The van der Waals surface area contributed by atoms with Gasteiger partial charge in [0, 0.05) is 12.6 Å². The van der Waals surface area contributed by atoms with Crippen molar-refractivity contribution in [2.24, 2.45) is 0 Å². The van der Waals surface area contributed by atoms with Gasteiger partial charge in [-0.05, 0) is 48.7 Å². The Kier molecular flexibility index (Phi) is 4.49. The maximum absolute atomic E-state index is 13.2. The lowest BCUT2D eigenvalue weighted by molar-refractivity contribution is 0.572. The Labute approximate surface area is 118 Å². The van der Waals surface area contributed by atoms with Gasteiger partial charge in [0.05, 0.1) is 11.6 Å². The molecule has 0 aliphatic rings. The van der Waals surface area contributed by atoms with Crippen molar-refractivity contribution in [3.63, 3.8) is 0 Å². The number of halogens is 1. The van der Waals surface area contributed by atoms with Crippen molar-refractivity contribution in [3.05, 3.63) is 70.5 Å². The second kappa shape index (κ2) is 6.31. The third-order valence-corrected chi connectivity index (χ3v) is 3.37. The fraction of sp³-hybridized carbons (Fsp3) is 0.235. The Morgan fingerprint density at radius 2 is 1.90 bits per heavy atom. The fourth-order valence-electron chi connectivity index (χ4n) is 2.05. The van der Waals surface area contributed by atoms with Gasteiger partial charge in [-0.2, -0.15) is 5.26 Å². The van der Waals surface area contributed by atoms with E-state index in [4.69, 9.17) is 5.26 Å². The van der Waals surface area contributed by atoms with Crippen LogP contribution in [0.1, 0.15) is 35.2 Å². The molecule has 1 atom stereocenters. The summed E-state index contributed by atoms with van der Waals surface area (Å²) in [5, 5.41) is 12.2. The summed E-state index contributed by atoms with van der Waals surface area (Å²) >= 11 is 0. The maximum atomic E-state index is 13.2. The van der Waals surface area contributed by atoms with Gasteiger partial charge in [-0.1, -0.05) is 24.3 Å². The first-order chi connectivity index (χ1) is 9.60. The quantitative estimate of drug-likeness (QED) is 0.914. The first kappa shape index (κ1) is 14.2. The zero-order valence-electron chi connectivity index (χ0n) is 11.7. The molecule has 1 N–H and O–H groups in total. The predicted octanol–water partition coefficient (Wildman–Crippen LogP) is 3.86. The molecule has 2 aromatic rings. The summed E-state index contributed by atoms with van der Waals surface area (Å²) in [5.41, 5.74) is 3.51. The molecule has 3 heteroatoms. The van der Waals surface area contributed by atoms with E-state index in [0.29, 0.717) is 17.7 Å². The molecule has 0 saturated heterocycles. The van der Waals surface area contributed by atoms with Crippen molar-refractivity contribution in [1.82, 2.24) is 5.32 Å². The SMILES string of the molecule is Cc1cc(CNC(C)c2ccc(C#N)cc2)ccc1F. The largest absolute Gasteiger partial charge is 0.306 e. The van der Waals surface area contributed by atoms with Crippen LogP contribution in [0.25, 0.3) is 0 Å². The molecule has 0 aliphatic heterocycles. The monoisotopic (exact) mass is 268 g/mol. The fourth-order valence-corrected chi connectivity index (χ4v) is 2.05. The zero-order valence-corrected chi connectivity index (χ0v) is 11.7. The van der Waals surface area contributed by atoms with Crippen molar-refractivity contribution in [2.75, 3.05) is 0 Å². The number of nitrogens with one attached hydrogen (secondary N) is 1. The van der Waals surface area contributed by atoms with E-state index in [9.17, 15) is 4.39 Å². The van der Waals surface area contributed by atoms with Crippen molar-refractivity contribution in [2.45, 2.75) is 26.4 Å². The molecule has 20 heavy (non-hydrogen) atoms. The summed E-state index contributed by atoms with van der Waals surface area (Å²) < 4.78 is 13.2. The van der Waals surface area contributed by atoms with Gasteiger partial charge in [0.1, 0.15) is 5.82 Å². The molecular weight excluding hydrogens is 251 g/mol. The lowest BCUT2D eigenvalue weighted by Gasteiger charge is -2.14. The molecule has 0 amide bonds. The van der Waals surface area contributed by atoms with Gasteiger partial charge in [0.15, 0.2) is 0 Å². The number of hydrogen-bond acceptors (Lipinski definition) is 2. The number of benzene rings is 2. The van der Waals surface area contributed by atoms with Crippen LogP contribution in [-0.2, 0) is 6.54 Å². The molecule has 0 fully saturated rings. The molecular formula is C17H17FN2. The summed E-state index contributed by atoms with van der Waals surface area (Å²) in [4.78, 5) is 0. The number of rotatable bonds is 4. The maximum Gasteiger partial charge on any atom is 0.126 e. The number of aryl methyl sites for hydroxylation is 1. The predicted molar refractivity (Wildman–Crippen MR) is 77.5 cm³/mol. The second-order valence-electron chi connectivity index (χ2n) is 4.92. The van der Waals surface area contributed by atoms with Gasteiger partial charge in [0.2, 0.25) is 0 Å². The standard InChI is InChI=1S/C17H17FN2/c1-12-9-15(5-8-17(12)18)11-20-13(2)16-6-3-14(10-19)4-7-16/h3-9,13,20H,11H2,1-2H3. The van der Waals surface area contributed by atoms with E-state index in [2.05, 4.69) is 18.3 Å². The first-order valence-electron chi connectivity index (χ1n) is 6.58. The van der Waals surface area contributed by atoms with E-state index < -0.39 is 0 Å². The molecule has 0 heterocycles. The lowest BCUT2D eigenvalue weighted by atomic mass is 10.1. The highest BCUT2D eigenvalue weighted by molar-refractivity contribution is 5.32. The Bertz CT molecular complexity index is 626. The van der Waals surface area contributed by atoms with Crippen LogP contribution in [0.15, 0.2) is 42.5 Å². The number of nitrogens with zero attached hydrogens (tertiary/aromatic N) is 1. The van der Waals surface area contributed by atoms with Gasteiger partial charge in [-0.3, -0.25) is 0 Å². The summed E-state index contributed by atoms with van der Waals surface area (Å²) in [6, 6.07) is 15.0. The average Bonchev–Trinajstić information content (AvgIpc) is 2.48. The van der Waals surface area contributed by atoms with Gasteiger partial charge in [0.25, 0.3) is 0 Å². The smallest absolute Gasteiger partial charge is 0.126 e. The Hall–Kier alpha value is -2.18. The van der Waals surface area contributed by atoms with E-state index in [1.807, 2.05) is 30.3 Å². The molecule has 1 unspecified atom stereocenters. The topological polar surface area (TPSA) is 35.8 Å². The van der Waals surface area contributed by atoms with Crippen LogP contribution in [0.2, 0.25) is 0 Å². The average molecular weight is 268 g/mol.